The van der Waals surface area contributed by atoms with Crippen LogP contribution in [0.25, 0.3) is 11.2 Å². The van der Waals surface area contributed by atoms with E-state index in [0.717, 1.165) is 16.2 Å². The molecule has 0 radical (unpaired) electrons. The topological polar surface area (TPSA) is 46.5 Å². The van der Waals surface area contributed by atoms with Crippen molar-refractivity contribution in [2.24, 2.45) is 0 Å². The van der Waals surface area contributed by atoms with Crippen LogP contribution in [0.5, 0.6) is 0 Å². The summed E-state index contributed by atoms with van der Waals surface area (Å²) in [5.74, 6) is 0. The smallest absolute Gasteiger partial charge is 0.179 e. The molecule has 1 N–H and O–H groups in total. The maximum Gasteiger partial charge on any atom is 0.179 e. The summed E-state index contributed by atoms with van der Waals surface area (Å²) < 4.78 is 2.66. The molecule has 0 amide bonds. The van der Waals surface area contributed by atoms with Crippen LogP contribution in [0, 0.1) is 11.7 Å². The molecule has 3 rings (SSSR count). The van der Waals surface area contributed by atoms with Crippen LogP contribution in [0.4, 0.5) is 0 Å². The molecule has 0 aliphatic rings. The molecule has 86 valence electrons. The van der Waals surface area contributed by atoms with Gasteiger partial charge in [-0.3, -0.25) is 4.57 Å². The third kappa shape index (κ3) is 1.89. The molecular weight excluding hydrogens is 252 g/mol. The number of fused-ring (bicyclic) bond motifs is 1. The lowest BCUT2D eigenvalue weighted by Gasteiger charge is -1.99. The fourth-order valence-electron chi connectivity index (χ4n) is 1.74. The van der Waals surface area contributed by atoms with Crippen molar-refractivity contribution in [2.75, 3.05) is 0 Å². The molecule has 0 bridgehead atoms. The highest BCUT2D eigenvalue weighted by atomic mass is 32.1. The Balaban J connectivity index is 2.11. The van der Waals surface area contributed by atoms with Crippen LogP contribution in [0.1, 0.15) is 9.88 Å². The molecule has 0 aromatic carbocycles. The van der Waals surface area contributed by atoms with E-state index in [-0.39, 0.29) is 0 Å². The first-order valence-electron chi connectivity index (χ1n) is 5.19. The van der Waals surface area contributed by atoms with Crippen LogP contribution in [0.3, 0.4) is 0 Å². The number of imidazole rings is 1. The lowest BCUT2D eigenvalue weighted by atomic mass is 10.4. The second-order valence-corrected chi connectivity index (χ2v) is 5.46. The fraction of sp³-hybridized carbons (Fsp3) is 0.182. The van der Waals surface area contributed by atoms with E-state index in [2.05, 4.69) is 15.0 Å². The molecule has 0 aliphatic carbocycles. The predicted molar refractivity (Wildman–Crippen MR) is 70.9 cm³/mol. The minimum absolute atomic E-state index is 0.675. The molecule has 0 atom stereocenters. The largest absolute Gasteiger partial charge is 0.329 e. The van der Waals surface area contributed by atoms with Crippen molar-refractivity contribution in [1.29, 1.82) is 0 Å². The molecule has 0 aliphatic heterocycles. The van der Waals surface area contributed by atoms with Crippen molar-refractivity contribution >= 4 is 34.7 Å². The zero-order valence-corrected chi connectivity index (χ0v) is 10.8. The molecule has 4 nitrogen and oxygen atoms in total. The fourth-order valence-corrected chi connectivity index (χ4v) is 2.78. The molecule has 0 spiro atoms. The first-order valence-corrected chi connectivity index (χ1v) is 6.41. The van der Waals surface area contributed by atoms with Gasteiger partial charge in [0, 0.05) is 17.3 Å². The maximum atomic E-state index is 5.30. The number of pyridine rings is 1. The summed E-state index contributed by atoms with van der Waals surface area (Å²) in [6.45, 7) is 2.72. The number of nitrogens with zero attached hydrogens (tertiary/aromatic N) is 3. The third-order valence-electron chi connectivity index (χ3n) is 2.49. The molecule has 3 heterocycles. The van der Waals surface area contributed by atoms with Gasteiger partial charge in [0.1, 0.15) is 5.01 Å². The minimum Gasteiger partial charge on any atom is -0.329 e. The number of aromatic amines is 1. The van der Waals surface area contributed by atoms with Gasteiger partial charge in [0.25, 0.3) is 0 Å². The monoisotopic (exact) mass is 262 g/mol. The number of nitrogens with one attached hydrogen (secondary N) is 1. The van der Waals surface area contributed by atoms with Gasteiger partial charge in [-0.25, -0.2) is 9.97 Å². The Labute approximate surface area is 107 Å². The highest BCUT2D eigenvalue weighted by Gasteiger charge is 2.07. The highest BCUT2D eigenvalue weighted by Crippen LogP contribution is 2.16. The second-order valence-electron chi connectivity index (χ2n) is 3.76. The van der Waals surface area contributed by atoms with Crippen molar-refractivity contribution < 1.29 is 0 Å². The van der Waals surface area contributed by atoms with Gasteiger partial charge in [-0.05, 0) is 31.3 Å². The zero-order chi connectivity index (χ0) is 11.8. The number of hydrogen-bond donors (Lipinski definition) is 1. The van der Waals surface area contributed by atoms with Crippen molar-refractivity contribution in [3.63, 3.8) is 0 Å². The van der Waals surface area contributed by atoms with Crippen molar-refractivity contribution in [1.82, 2.24) is 19.5 Å². The Morgan fingerprint density at radius 1 is 1.47 bits per heavy atom. The van der Waals surface area contributed by atoms with E-state index in [1.807, 2.05) is 29.8 Å². The van der Waals surface area contributed by atoms with Gasteiger partial charge >= 0.3 is 0 Å². The standard InChI is InChI=1S/C11H10N4S2/c1-7-5-13-9(17-7)6-15-10-8(14-11(15)16)3-2-4-12-10/h2-5H,6H2,1H3,(H,14,16). The summed E-state index contributed by atoms with van der Waals surface area (Å²) in [5, 5.41) is 1.05. The quantitative estimate of drug-likeness (QED) is 0.722. The number of thiazole rings is 1. The van der Waals surface area contributed by atoms with E-state index in [4.69, 9.17) is 12.2 Å². The van der Waals surface area contributed by atoms with E-state index < -0.39 is 0 Å². The van der Waals surface area contributed by atoms with Crippen molar-refractivity contribution in [2.45, 2.75) is 13.5 Å². The van der Waals surface area contributed by atoms with E-state index in [0.29, 0.717) is 11.3 Å². The average Bonchev–Trinajstić information content (AvgIpc) is 2.85. The van der Waals surface area contributed by atoms with E-state index in [9.17, 15) is 0 Å². The predicted octanol–water partition coefficient (Wildman–Crippen LogP) is 2.91. The van der Waals surface area contributed by atoms with Gasteiger partial charge in [0.15, 0.2) is 10.4 Å². The Morgan fingerprint density at radius 2 is 2.35 bits per heavy atom. The Bertz CT molecular complexity index is 722. The van der Waals surface area contributed by atoms with Gasteiger partial charge in [-0.15, -0.1) is 11.3 Å². The minimum atomic E-state index is 0.675. The lowest BCUT2D eigenvalue weighted by molar-refractivity contribution is 0.794. The molecule has 3 aromatic heterocycles. The lowest BCUT2D eigenvalue weighted by Crippen LogP contribution is -1.99. The highest BCUT2D eigenvalue weighted by molar-refractivity contribution is 7.71. The zero-order valence-electron chi connectivity index (χ0n) is 9.17. The summed E-state index contributed by atoms with van der Waals surface area (Å²) in [7, 11) is 0. The molecule has 0 saturated carbocycles. The molecule has 17 heavy (non-hydrogen) atoms. The second kappa shape index (κ2) is 4.05. The van der Waals surface area contributed by atoms with Crippen molar-refractivity contribution in [3.05, 3.63) is 39.2 Å². The summed E-state index contributed by atoms with van der Waals surface area (Å²) in [6, 6.07) is 3.87. The van der Waals surface area contributed by atoms with Crippen molar-refractivity contribution in [3.8, 4) is 0 Å². The third-order valence-corrected chi connectivity index (χ3v) is 3.71. The molecule has 6 heteroatoms. The first-order chi connectivity index (χ1) is 8.24. The number of aromatic nitrogens is 4. The molecule has 3 aromatic rings. The van der Waals surface area contributed by atoms with Crippen LogP contribution in [-0.2, 0) is 6.54 Å². The normalized spacial score (nSPS) is 11.1. The summed E-state index contributed by atoms with van der Waals surface area (Å²) in [4.78, 5) is 13.0. The van der Waals surface area contributed by atoms with Gasteiger partial charge < -0.3 is 4.98 Å². The number of H-pyrrole nitrogens is 1. The summed E-state index contributed by atoms with van der Waals surface area (Å²) in [6.07, 6.45) is 3.65. The van der Waals surface area contributed by atoms with Crippen LogP contribution in [-0.4, -0.2) is 19.5 Å². The van der Waals surface area contributed by atoms with Crippen LogP contribution >= 0.6 is 23.6 Å². The maximum absolute atomic E-state index is 5.30. The van der Waals surface area contributed by atoms with Gasteiger partial charge in [-0.2, -0.15) is 0 Å². The molecule has 0 fully saturated rings. The molecule has 0 unspecified atom stereocenters. The van der Waals surface area contributed by atoms with Gasteiger partial charge in [0.2, 0.25) is 0 Å². The molecular formula is C11H10N4S2. The number of hydrogen-bond acceptors (Lipinski definition) is 4. The van der Waals surface area contributed by atoms with Gasteiger partial charge in [0.05, 0.1) is 12.1 Å². The Hall–Kier alpha value is -1.53. The molecule has 0 saturated heterocycles. The van der Waals surface area contributed by atoms with Crippen LogP contribution in [0.2, 0.25) is 0 Å². The number of rotatable bonds is 2. The Kier molecular flexibility index (Phi) is 2.53. The first kappa shape index (κ1) is 10.6. The summed E-state index contributed by atoms with van der Waals surface area (Å²) >= 11 is 6.99. The summed E-state index contributed by atoms with van der Waals surface area (Å²) in [5.41, 5.74) is 1.84. The van der Waals surface area contributed by atoms with Crippen LogP contribution < -0.4 is 0 Å². The van der Waals surface area contributed by atoms with E-state index >= 15 is 0 Å². The van der Waals surface area contributed by atoms with E-state index in [1.165, 1.54) is 4.88 Å². The average molecular weight is 262 g/mol. The SMILES string of the molecule is Cc1cnc(Cn2c(=S)[nH]c3cccnc32)s1. The van der Waals surface area contributed by atoms with E-state index in [1.54, 1.807) is 17.5 Å². The van der Waals surface area contributed by atoms with Crippen LogP contribution in [0.15, 0.2) is 24.5 Å². The van der Waals surface area contributed by atoms with Gasteiger partial charge in [-0.1, -0.05) is 0 Å². The Morgan fingerprint density at radius 3 is 3.12 bits per heavy atom. The number of aryl methyl sites for hydroxylation is 1.